The molecule has 0 aliphatic carbocycles. The Morgan fingerprint density at radius 2 is 2.16 bits per heavy atom. The zero-order valence-corrected chi connectivity index (χ0v) is 13.6. The molecule has 19 heavy (non-hydrogen) atoms. The summed E-state index contributed by atoms with van der Waals surface area (Å²) in [7, 11) is 0. The van der Waals surface area contributed by atoms with Crippen LogP contribution in [-0.2, 0) is 0 Å². The van der Waals surface area contributed by atoms with Gasteiger partial charge >= 0.3 is 0 Å². The van der Waals surface area contributed by atoms with Crippen LogP contribution in [0.15, 0.2) is 28.7 Å². The van der Waals surface area contributed by atoms with Crippen LogP contribution in [0.1, 0.15) is 32.4 Å². The van der Waals surface area contributed by atoms with Gasteiger partial charge in [-0.3, -0.25) is 4.90 Å². The molecule has 1 aromatic rings. The molecule has 2 fully saturated rings. The van der Waals surface area contributed by atoms with E-state index in [0.717, 1.165) is 11.8 Å². The molecule has 3 unspecified atom stereocenters. The quantitative estimate of drug-likeness (QED) is 0.897. The van der Waals surface area contributed by atoms with Gasteiger partial charge in [0.05, 0.1) is 0 Å². The molecule has 1 N–H and O–H groups in total. The maximum atomic E-state index is 3.59. The van der Waals surface area contributed by atoms with Gasteiger partial charge in [0.1, 0.15) is 0 Å². The summed E-state index contributed by atoms with van der Waals surface area (Å²) >= 11 is 3.59. The van der Waals surface area contributed by atoms with Crippen LogP contribution >= 0.6 is 15.9 Å². The molecule has 3 heteroatoms. The largest absolute Gasteiger partial charge is 0.316 e. The lowest BCUT2D eigenvalue weighted by Crippen LogP contribution is -2.45. The maximum Gasteiger partial charge on any atom is 0.0325 e. The number of rotatable bonds is 2. The van der Waals surface area contributed by atoms with Gasteiger partial charge in [0.25, 0.3) is 0 Å². The number of benzene rings is 1. The molecule has 0 radical (unpaired) electrons. The first-order valence-electron chi connectivity index (χ1n) is 7.23. The van der Waals surface area contributed by atoms with Crippen LogP contribution in [0, 0.1) is 11.8 Å². The Hall–Kier alpha value is -0.380. The minimum atomic E-state index is 0.288. The summed E-state index contributed by atoms with van der Waals surface area (Å²) in [4.78, 5) is 2.70. The fourth-order valence-corrected chi connectivity index (χ4v) is 4.47. The molecule has 3 atom stereocenters. The van der Waals surface area contributed by atoms with Crippen molar-refractivity contribution in [2.24, 2.45) is 11.8 Å². The Morgan fingerprint density at radius 1 is 1.37 bits per heavy atom. The van der Waals surface area contributed by atoms with Crippen molar-refractivity contribution >= 4 is 15.9 Å². The van der Waals surface area contributed by atoms with E-state index in [1.54, 1.807) is 0 Å². The zero-order valence-electron chi connectivity index (χ0n) is 12.0. The first-order valence-corrected chi connectivity index (χ1v) is 8.02. The van der Waals surface area contributed by atoms with Gasteiger partial charge in [-0.05, 0) is 56.8 Å². The first-order chi connectivity index (χ1) is 9.00. The number of nitrogens with zero attached hydrogens (tertiary/aromatic N) is 1. The van der Waals surface area contributed by atoms with E-state index >= 15 is 0 Å². The van der Waals surface area contributed by atoms with Crippen LogP contribution in [0.3, 0.4) is 0 Å². The molecule has 3 rings (SSSR count). The van der Waals surface area contributed by atoms with Gasteiger partial charge in [0.15, 0.2) is 0 Å². The molecule has 0 saturated carbocycles. The Balaban J connectivity index is 1.86. The molecule has 2 nitrogen and oxygen atoms in total. The van der Waals surface area contributed by atoms with Gasteiger partial charge in [-0.25, -0.2) is 0 Å². The van der Waals surface area contributed by atoms with E-state index in [1.807, 2.05) is 0 Å². The Kier molecular flexibility index (Phi) is 3.48. The number of nitrogens with one attached hydrogen (secondary N) is 1. The SMILES string of the molecule is CC(c1cccc(Br)c1)N1CC2CNCC2C1(C)C. The van der Waals surface area contributed by atoms with Crippen molar-refractivity contribution in [2.75, 3.05) is 19.6 Å². The van der Waals surface area contributed by atoms with E-state index in [4.69, 9.17) is 0 Å². The third-order valence-electron chi connectivity index (χ3n) is 5.22. The van der Waals surface area contributed by atoms with Crippen molar-refractivity contribution in [1.82, 2.24) is 10.2 Å². The van der Waals surface area contributed by atoms with Crippen molar-refractivity contribution in [3.8, 4) is 0 Å². The normalized spacial score (nSPS) is 31.4. The summed E-state index contributed by atoms with van der Waals surface area (Å²) in [6, 6.07) is 9.23. The minimum Gasteiger partial charge on any atom is -0.316 e. The van der Waals surface area contributed by atoms with Gasteiger partial charge in [-0.2, -0.15) is 0 Å². The summed E-state index contributed by atoms with van der Waals surface area (Å²) in [6.07, 6.45) is 0. The molecule has 0 aromatic heterocycles. The van der Waals surface area contributed by atoms with Crippen molar-refractivity contribution in [1.29, 1.82) is 0 Å². The molecule has 2 saturated heterocycles. The number of hydrogen-bond donors (Lipinski definition) is 1. The standard InChI is InChI=1S/C16H23BrN2/c1-11(12-5-4-6-14(17)7-12)19-10-13-8-18-9-15(13)16(19,2)3/h4-7,11,13,15,18H,8-10H2,1-3H3. The lowest BCUT2D eigenvalue weighted by atomic mass is 9.84. The van der Waals surface area contributed by atoms with Crippen LogP contribution in [0.5, 0.6) is 0 Å². The maximum absolute atomic E-state index is 3.59. The molecule has 2 heterocycles. The van der Waals surface area contributed by atoms with Crippen molar-refractivity contribution in [3.05, 3.63) is 34.3 Å². The molecule has 0 spiro atoms. The highest BCUT2D eigenvalue weighted by Crippen LogP contribution is 2.44. The van der Waals surface area contributed by atoms with Crippen LogP contribution < -0.4 is 5.32 Å². The monoisotopic (exact) mass is 322 g/mol. The third-order valence-corrected chi connectivity index (χ3v) is 5.71. The zero-order chi connectivity index (χ0) is 13.6. The fraction of sp³-hybridized carbons (Fsp3) is 0.625. The number of fused-ring (bicyclic) bond motifs is 1. The Labute approximate surface area is 124 Å². The van der Waals surface area contributed by atoms with E-state index in [0.29, 0.717) is 6.04 Å². The van der Waals surface area contributed by atoms with E-state index in [2.05, 4.69) is 71.2 Å². The highest BCUT2D eigenvalue weighted by Gasteiger charge is 2.50. The predicted octanol–water partition coefficient (Wildman–Crippen LogP) is 3.44. The lowest BCUT2D eigenvalue weighted by molar-refractivity contribution is 0.0970. The van der Waals surface area contributed by atoms with Gasteiger partial charge < -0.3 is 5.32 Å². The van der Waals surface area contributed by atoms with Crippen LogP contribution in [0.25, 0.3) is 0 Å². The number of likely N-dealkylation sites (tertiary alicyclic amines) is 1. The van der Waals surface area contributed by atoms with E-state index in [1.165, 1.54) is 29.7 Å². The Morgan fingerprint density at radius 3 is 2.84 bits per heavy atom. The summed E-state index contributed by atoms with van der Waals surface area (Å²) in [5, 5.41) is 3.55. The minimum absolute atomic E-state index is 0.288. The van der Waals surface area contributed by atoms with E-state index in [-0.39, 0.29) is 5.54 Å². The first kappa shape index (κ1) is 13.6. The van der Waals surface area contributed by atoms with Crippen molar-refractivity contribution < 1.29 is 0 Å². The van der Waals surface area contributed by atoms with Crippen LogP contribution in [0.2, 0.25) is 0 Å². The van der Waals surface area contributed by atoms with Crippen LogP contribution in [0.4, 0.5) is 0 Å². The number of hydrogen-bond acceptors (Lipinski definition) is 2. The topological polar surface area (TPSA) is 15.3 Å². The summed E-state index contributed by atoms with van der Waals surface area (Å²) in [5.41, 5.74) is 1.70. The van der Waals surface area contributed by atoms with Gasteiger partial charge in [0, 0.05) is 29.1 Å². The van der Waals surface area contributed by atoms with Crippen LogP contribution in [-0.4, -0.2) is 30.1 Å². The second kappa shape index (κ2) is 4.87. The molecular formula is C16H23BrN2. The van der Waals surface area contributed by atoms with E-state index in [9.17, 15) is 0 Å². The lowest BCUT2D eigenvalue weighted by Gasteiger charge is -2.40. The predicted molar refractivity (Wildman–Crippen MR) is 83.2 cm³/mol. The summed E-state index contributed by atoms with van der Waals surface area (Å²) < 4.78 is 1.18. The highest BCUT2D eigenvalue weighted by molar-refractivity contribution is 9.10. The van der Waals surface area contributed by atoms with Gasteiger partial charge in [-0.15, -0.1) is 0 Å². The van der Waals surface area contributed by atoms with Crippen molar-refractivity contribution in [2.45, 2.75) is 32.4 Å². The molecule has 2 aliphatic heterocycles. The Bertz CT molecular complexity index is 472. The highest BCUT2D eigenvalue weighted by atomic mass is 79.9. The molecule has 0 amide bonds. The molecule has 0 bridgehead atoms. The summed E-state index contributed by atoms with van der Waals surface area (Å²) in [6.45, 7) is 10.8. The average molecular weight is 323 g/mol. The molecule has 1 aromatic carbocycles. The van der Waals surface area contributed by atoms with E-state index < -0.39 is 0 Å². The smallest absolute Gasteiger partial charge is 0.0325 e. The molecular weight excluding hydrogens is 300 g/mol. The average Bonchev–Trinajstić information content (AvgIpc) is 2.91. The number of halogens is 1. The third kappa shape index (κ3) is 2.26. The molecule has 104 valence electrons. The molecule has 2 aliphatic rings. The fourth-order valence-electron chi connectivity index (χ4n) is 4.06. The summed E-state index contributed by atoms with van der Waals surface area (Å²) in [5.74, 6) is 1.62. The van der Waals surface area contributed by atoms with Gasteiger partial charge in [0.2, 0.25) is 0 Å². The van der Waals surface area contributed by atoms with Gasteiger partial charge in [-0.1, -0.05) is 28.1 Å². The second-order valence-electron chi connectivity index (χ2n) is 6.56. The van der Waals surface area contributed by atoms with Crippen molar-refractivity contribution in [3.63, 3.8) is 0 Å². The second-order valence-corrected chi connectivity index (χ2v) is 7.48.